The van der Waals surface area contributed by atoms with Crippen molar-refractivity contribution in [1.82, 2.24) is 4.90 Å². The summed E-state index contributed by atoms with van der Waals surface area (Å²) < 4.78 is 0. The molecule has 0 aliphatic carbocycles. The molecule has 18 heavy (non-hydrogen) atoms. The van der Waals surface area contributed by atoms with Crippen LogP contribution < -0.4 is 5.73 Å². The third kappa shape index (κ3) is 3.34. The Kier molecular flexibility index (Phi) is 4.82. The van der Waals surface area contributed by atoms with Crippen molar-refractivity contribution < 1.29 is 0 Å². The van der Waals surface area contributed by atoms with Gasteiger partial charge in [0.05, 0.1) is 0 Å². The molecule has 2 heterocycles. The van der Waals surface area contributed by atoms with E-state index in [2.05, 4.69) is 31.7 Å². The maximum Gasteiger partial charge on any atom is 0.0274 e. The maximum atomic E-state index is 5.71. The second kappa shape index (κ2) is 6.18. The highest BCUT2D eigenvalue weighted by Gasteiger charge is 2.22. The highest BCUT2D eigenvalue weighted by atomic mass is 32.1. The van der Waals surface area contributed by atoms with Gasteiger partial charge in [-0.2, -0.15) is 0 Å². The van der Waals surface area contributed by atoms with Crippen molar-refractivity contribution in [2.75, 3.05) is 13.1 Å². The van der Waals surface area contributed by atoms with Crippen molar-refractivity contribution in [3.63, 3.8) is 0 Å². The Bertz CT molecular complexity index is 376. The van der Waals surface area contributed by atoms with Crippen LogP contribution >= 0.6 is 11.3 Å². The van der Waals surface area contributed by atoms with E-state index >= 15 is 0 Å². The van der Waals surface area contributed by atoms with E-state index in [1.165, 1.54) is 41.2 Å². The molecule has 2 nitrogen and oxygen atoms in total. The predicted octanol–water partition coefficient (Wildman–Crippen LogP) is 3.38. The van der Waals surface area contributed by atoms with Crippen molar-refractivity contribution in [2.45, 2.75) is 46.7 Å². The minimum atomic E-state index is 0.681. The maximum absolute atomic E-state index is 5.71. The molecule has 3 heteroatoms. The molecule has 0 atom stereocenters. The van der Waals surface area contributed by atoms with Crippen molar-refractivity contribution in [3.05, 3.63) is 21.4 Å². The number of nitrogens with two attached hydrogens (primary N) is 1. The fraction of sp³-hybridized carbons (Fsp3) is 0.733. The molecular formula is C15H26N2S. The summed E-state index contributed by atoms with van der Waals surface area (Å²) in [7, 11) is 0. The number of likely N-dealkylation sites (tertiary alicyclic amines) is 1. The number of hydrogen-bond acceptors (Lipinski definition) is 3. The van der Waals surface area contributed by atoms with Gasteiger partial charge in [-0.1, -0.05) is 13.8 Å². The van der Waals surface area contributed by atoms with Gasteiger partial charge in [0.25, 0.3) is 0 Å². The van der Waals surface area contributed by atoms with Crippen LogP contribution in [0.4, 0.5) is 0 Å². The Morgan fingerprint density at radius 2 is 2.06 bits per heavy atom. The van der Waals surface area contributed by atoms with Crippen LogP contribution in [0.3, 0.4) is 0 Å². The average Bonchev–Trinajstić information content (AvgIpc) is 2.71. The Morgan fingerprint density at radius 1 is 1.39 bits per heavy atom. The van der Waals surface area contributed by atoms with Gasteiger partial charge in [0, 0.05) is 22.8 Å². The van der Waals surface area contributed by atoms with Crippen molar-refractivity contribution >= 4 is 11.3 Å². The first-order valence-corrected chi connectivity index (χ1v) is 7.92. The molecule has 1 aliphatic rings. The lowest BCUT2D eigenvalue weighted by molar-refractivity contribution is 0.152. The number of aryl methyl sites for hydroxylation is 1. The number of hydrogen-bond donors (Lipinski definition) is 1. The van der Waals surface area contributed by atoms with Gasteiger partial charge in [-0.25, -0.2) is 0 Å². The summed E-state index contributed by atoms with van der Waals surface area (Å²) in [4.78, 5) is 5.37. The van der Waals surface area contributed by atoms with Gasteiger partial charge in [-0.15, -0.1) is 11.3 Å². The first kappa shape index (κ1) is 14.0. The van der Waals surface area contributed by atoms with Gasteiger partial charge in [0.2, 0.25) is 0 Å². The molecule has 1 aromatic rings. The van der Waals surface area contributed by atoms with E-state index in [9.17, 15) is 0 Å². The number of thiophene rings is 1. The largest absolute Gasteiger partial charge is 0.326 e. The third-order valence-corrected chi connectivity index (χ3v) is 5.36. The fourth-order valence-corrected chi connectivity index (χ4v) is 3.80. The Hall–Kier alpha value is -0.380. The number of nitrogens with zero attached hydrogens (tertiary/aromatic N) is 1. The second-order valence-electron chi connectivity index (χ2n) is 5.86. The molecule has 0 unspecified atom stereocenters. The molecule has 0 bridgehead atoms. The van der Waals surface area contributed by atoms with E-state index in [-0.39, 0.29) is 0 Å². The summed E-state index contributed by atoms with van der Waals surface area (Å²) in [5.41, 5.74) is 7.20. The SMILES string of the molecule is Cc1sc(CN)cc1CN1CCC(C(C)C)CC1. The number of rotatable bonds is 4. The van der Waals surface area contributed by atoms with Crippen LogP contribution in [0.1, 0.15) is 42.0 Å². The molecule has 2 N–H and O–H groups in total. The zero-order chi connectivity index (χ0) is 13.1. The zero-order valence-electron chi connectivity index (χ0n) is 11.9. The lowest BCUT2D eigenvalue weighted by atomic mass is 9.86. The summed E-state index contributed by atoms with van der Waals surface area (Å²) in [6.07, 6.45) is 2.73. The monoisotopic (exact) mass is 266 g/mol. The molecule has 0 spiro atoms. The molecule has 1 saturated heterocycles. The molecule has 1 aromatic heterocycles. The molecule has 1 fully saturated rings. The summed E-state index contributed by atoms with van der Waals surface area (Å²) in [6, 6.07) is 2.30. The minimum absolute atomic E-state index is 0.681. The first-order valence-electron chi connectivity index (χ1n) is 7.10. The number of piperidine rings is 1. The Labute approximate surface area is 115 Å². The van der Waals surface area contributed by atoms with Gasteiger partial charge >= 0.3 is 0 Å². The molecule has 2 rings (SSSR count). The van der Waals surface area contributed by atoms with Gasteiger partial charge in [-0.3, -0.25) is 4.90 Å². The standard InChI is InChI=1S/C15H26N2S/c1-11(2)13-4-6-17(7-5-13)10-14-8-15(9-16)18-12(14)3/h8,11,13H,4-7,9-10,16H2,1-3H3. The van der Waals surface area contributed by atoms with Crippen molar-refractivity contribution in [3.8, 4) is 0 Å². The minimum Gasteiger partial charge on any atom is -0.326 e. The summed E-state index contributed by atoms with van der Waals surface area (Å²) in [5, 5.41) is 0. The summed E-state index contributed by atoms with van der Waals surface area (Å²) in [6.45, 7) is 11.3. The average molecular weight is 266 g/mol. The van der Waals surface area contributed by atoms with Crippen LogP contribution in [0.5, 0.6) is 0 Å². The quantitative estimate of drug-likeness (QED) is 0.905. The fourth-order valence-electron chi connectivity index (χ4n) is 2.86. The van der Waals surface area contributed by atoms with E-state index in [1.807, 2.05) is 11.3 Å². The topological polar surface area (TPSA) is 29.3 Å². The molecule has 0 radical (unpaired) electrons. The van der Waals surface area contributed by atoms with Crippen LogP contribution in [-0.2, 0) is 13.1 Å². The lowest BCUT2D eigenvalue weighted by Gasteiger charge is -2.33. The van der Waals surface area contributed by atoms with Crippen molar-refractivity contribution in [1.29, 1.82) is 0 Å². The Morgan fingerprint density at radius 3 is 2.56 bits per heavy atom. The van der Waals surface area contributed by atoms with Crippen LogP contribution in [0.15, 0.2) is 6.07 Å². The Balaban J connectivity index is 1.89. The van der Waals surface area contributed by atoms with Gasteiger partial charge in [0.15, 0.2) is 0 Å². The summed E-state index contributed by atoms with van der Waals surface area (Å²) in [5.74, 6) is 1.78. The van der Waals surface area contributed by atoms with E-state index in [1.54, 1.807) is 0 Å². The van der Waals surface area contributed by atoms with Gasteiger partial charge < -0.3 is 5.73 Å². The third-order valence-electron chi connectivity index (χ3n) is 4.24. The smallest absolute Gasteiger partial charge is 0.0274 e. The zero-order valence-corrected chi connectivity index (χ0v) is 12.7. The van der Waals surface area contributed by atoms with E-state index in [4.69, 9.17) is 5.73 Å². The van der Waals surface area contributed by atoms with E-state index in [0.29, 0.717) is 6.54 Å². The van der Waals surface area contributed by atoms with Crippen LogP contribution in [0, 0.1) is 18.8 Å². The highest BCUT2D eigenvalue weighted by molar-refractivity contribution is 7.12. The normalized spacial score (nSPS) is 18.7. The first-order chi connectivity index (χ1) is 8.60. The van der Waals surface area contributed by atoms with E-state index in [0.717, 1.165) is 18.4 Å². The lowest BCUT2D eigenvalue weighted by Crippen LogP contribution is -2.34. The van der Waals surface area contributed by atoms with E-state index < -0.39 is 0 Å². The highest BCUT2D eigenvalue weighted by Crippen LogP contribution is 2.27. The molecule has 1 aliphatic heterocycles. The molecule has 0 aromatic carbocycles. The van der Waals surface area contributed by atoms with Crippen LogP contribution in [0.2, 0.25) is 0 Å². The molecule has 102 valence electrons. The second-order valence-corrected chi connectivity index (χ2v) is 7.20. The molecular weight excluding hydrogens is 240 g/mol. The van der Waals surface area contributed by atoms with Crippen LogP contribution in [-0.4, -0.2) is 18.0 Å². The molecule has 0 amide bonds. The predicted molar refractivity (Wildman–Crippen MR) is 79.8 cm³/mol. The van der Waals surface area contributed by atoms with Crippen molar-refractivity contribution in [2.24, 2.45) is 17.6 Å². The van der Waals surface area contributed by atoms with Crippen LogP contribution in [0.25, 0.3) is 0 Å². The van der Waals surface area contributed by atoms with Gasteiger partial charge in [-0.05, 0) is 56.3 Å². The molecule has 0 saturated carbocycles. The van der Waals surface area contributed by atoms with Gasteiger partial charge in [0.1, 0.15) is 0 Å². The summed E-state index contributed by atoms with van der Waals surface area (Å²) >= 11 is 1.86.